The summed E-state index contributed by atoms with van der Waals surface area (Å²) >= 11 is 0. The number of urea groups is 1. The van der Waals surface area contributed by atoms with E-state index in [1.807, 2.05) is 38.1 Å². The molecule has 2 rings (SSSR count). The number of carbonyl (C=O) groups excluding carboxylic acids is 2. The van der Waals surface area contributed by atoms with Gasteiger partial charge in [0.1, 0.15) is 6.04 Å². The van der Waals surface area contributed by atoms with Gasteiger partial charge in [-0.25, -0.2) is 9.59 Å². The van der Waals surface area contributed by atoms with Crippen LogP contribution in [0.5, 0.6) is 0 Å². The zero-order chi connectivity index (χ0) is 18.4. The van der Waals surface area contributed by atoms with Crippen molar-refractivity contribution < 1.29 is 14.3 Å². The minimum Gasteiger partial charge on any atom is -0.467 e. The molecule has 138 valence electrons. The number of carbonyl (C=O) groups is 2. The first-order valence-corrected chi connectivity index (χ1v) is 8.91. The Kier molecular flexibility index (Phi) is 6.67. The number of methoxy groups -OCH3 is 1. The van der Waals surface area contributed by atoms with Crippen LogP contribution in [0.25, 0.3) is 0 Å². The Bertz CT molecular complexity index is 578. The van der Waals surface area contributed by atoms with Crippen LogP contribution in [0.4, 0.5) is 16.2 Å². The van der Waals surface area contributed by atoms with E-state index in [0.717, 1.165) is 19.0 Å². The van der Waals surface area contributed by atoms with Crippen molar-refractivity contribution in [2.24, 2.45) is 11.8 Å². The van der Waals surface area contributed by atoms with Crippen LogP contribution >= 0.6 is 0 Å². The second-order valence-electron chi connectivity index (χ2n) is 7.06. The summed E-state index contributed by atoms with van der Waals surface area (Å²) in [7, 11) is 1.32. The van der Waals surface area contributed by atoms with Gasteiger partial charge in [0.05, 0.1) is 7.11 Å². The lowest BCUT2D eigenvalue weighted by atomic mass is 9.99. The number of anilines is 2. The first-order chi connectivity index (χ1) is 11.9. The van der Waals surface area contributed by atoms with Crippen LogP contribution in [-0.2, 0) is 9.53 Å². The van der Waals surface area contributed by atoms with E-state index in [1.165, 1.54) is 25.6 Å². The van der Waals surface area contributed by atoms with Crippen LogP contribution in [0.2, 0.25) is 0 Å². The van der Waals surface area contributed by atoms with Gasteiger partial charge in [-0.3, -0.25) is 0 Å². The van der Waals surface area contributed by atoms with Gasteiger partial charge in [0, 0.05) is 24.5 Å². The Morgan fingerprint density at radius 2 is 1.76 bits per heavy atom. The number of hydrogen-bond donors (Lipinski definition) is 2. The molecule has 0 saturated carbocycles. The molecule has 1 fully saturated rings. The summed E-state index contributed by atoms with van der Waals surface area (Å²) in [5.74, 6) is 0.298. The maximum absolute atomic E-state index is 12.1. The lowest BCUT2D eigenvalue weighted by molar-refractivity contribution is -0.143. The number of hydrogen-bond acceptors (Lipinski definition) is 4. The van der Waals surface area contributed by atoms with Gasteiger partial charge in [-0.1, -0.05) is 20.8 Å². The summed E-state index contributed by atoms with van der Waals surface area (Å²) in [4.78, 5) is 26.2. The average molecular weight is 347 g/mol. The number of nitrogens with zero attached hydrogens (tertiary/aromatic N) is 1. The van der Waals surface area contributed by atoms with Crippen molar-refractivity contribution in [3.8, 4) is 0 Å². The fourth-order valence-corrected chi connectivity index (χ4v) is 2.96. The van der Waals surface area contributed by atoms with Crippen LogP contribution < -0.4 is 15.5 Å². The van der Waals surface area contributed by atoms with Crippen molar-refractivity contribution in [2.45, 2.75) is 39.7 Å². The topological polar surface area (TPSA) is 70.7 Å². The fourth-order valence-electron chi connectivity index (χ4n) is 2.96. The lowest BCUT2D eigenvalue weighted by Crippen LogP contribution is -2.46. The van der Waals surface area contributed by atoms with Gasteiger partial charge in [-0.2, -0.15) is 0 Å². The van der Waals surface area contributed by atoms with Gasteiger partial charge in [-0.15, -0.1) is 0 Å². The molecule has 6 nitrogen and oxygen atoms in total. The summed E-state index contributed by atoms with van der Waals surface area (Å²) in [6.07, 6.45) is 2.43. The van der Waals surface area contributed by atoms with Gasteiger partial charge in [0.2, 0.25) is 0 Å². The first kappa shape index (κ1) is 19.1. The zero-order valence-electron chi connectivity index (χ0n) is 15.5. The van der Waals surface area contributed by atoms with Crippen LogP contribution in [-0.4, -0.2) is 38.2 Å². The third-order valence-electron chi connectivity index (χ3n) is 4.68. The molecule has 1 atom stereocenters. The minimum absolute atomic E-state index is 0.0536. The average Bonchev–Trinajstić information content (AvgIpc) is 2.60. The molecule has 1 aliphatic heterocycles. The maximum Gasteiger partial charge on any atom is 0.328 e. The molecule has 1 aromatic carbocycles. The quantitative estimate of drug-likeness (QED) is 0.802. The highest BCUT2D eigenvalue weighted by atomic mass is 16.5. The third-order valence-corrected chi connectivity index (χ3v) is 4.68. The molecule has 1 aliphatic rings. The number of ether oxygens (including phenoxy) is 1. The van der Waals surface area contributed by atoms with Crippen LogP contribution in [0, 0.1) is 11.8 Å². The Morgan fingerprint density at radius 3 is 2.28 bits per heavy atom. The number of benzene rings is 1. The van der Waals surface area contributed by atoms with Gasteiger partial charge < -0.3 is 20.3 Å². The molecule has 0 aromatic heterocycles. The Morgan fingerprint density at radius 1 is 1.16 bits per heavy atom. The van der Waals surface area contributed by atoms with Crippen molar-refractivity contribution in [2.75, 3.05) is 30.4 Å². The van der Waals surface area contributed by atoms with Gasteiger partial charge in [0.25, 0.3) is 0 Å². The summed E-state index contributed by atoms with van der Waals surface area (Å²) in [6.45, 7) is 8.15. The highest BCUT2D eigenvalue weighted by molar-refractivity contribution is 5.92. The van der Waals surface area contributed by atoms with E-state index in [1.54, 1.807) is 0 Å². The Balaban J connectivity index is 1.91. The monoisotopic (exact) mass is 347 g/mol. The van der Waals surface area contributed by atoms with Crippen LogP contribution in [0.15, 0.2) is 24.3 Å². The molecule has 6 heteroatoms. The molecular weight excluding hydrogens is 318 g/mol. The molecule has 1 heterocycles. The number of esters is 1. The summed E-state index contributed by atoms with van der Waals surface area (Å²) < 4.78 is 4.73. The van der Waals surface area contributed by atoms with Gasteiger partial charge >= 0.3 is 12.0 Å². The molecule has 0 spiro atoms. The molecule has 0 unspecified atom stereocenters. The van der Waals surface area contributed by atoms with Crippen molar-refractivity contribution >= 4 is 23.4 Å². The van der Waals surface area contributed by atoms with E-state index < -0.39 is 18.0 Å². The lowest BCUT2D eigenvalue weighted by Gasteiger charge is -2.32. The van der Waals surface area contributed by atoms with Crippen molar-refractivity contribution in [3.63, 3.8) is 0 Å². The zero-order valence-corrected chi connectivity index (χ0v) is 15.5. The van der Waals surface area contributed by atoms with E-state index in [9.17, 15) is 9.59 Å². The summed E-state index contributed by atoms with van der Waals surface area (Å²) in [6, 6.07) is 6.73. The molecule has 2 N–H and O–H groups in total. The smallest absolute Gasteiger partial charge is 0.328 e. The van der Waals surface area contributed by atoms with E-state index in [4.69, 9.17) is 4.74 Å². The molecule has 2 amide bonds. The number of rotatable bonds is 5. The molecule has 1 aromatic rings. The normalized spacial score (nSPS) is 16.4. The highest BCUT2D eigenvalue weighted by Crippen LogP contribution is 2.24. The van der Waals surface area contributed by atoms with Crippen molar-refractivity contribution in [1.29, 1.82) is 0 Å². The molecule has 0 aliphatic carbocycles. The van der Waals surface area contributed by atoms with Crippen LogP contribution in [0.1, 0.15) is 33.6 Å². The fraction of sp³-hybridized carbons (Fsp3) is 0.579. The van der Waals surface area contributed by atoms with Crippen molar-refractivity contribution in [1.82, 2.24) is 5.32 Å². The highest BCUT2D eigenvalue weighted by Gasteiger charge is 2.24. The van der Waals surface area contributed by atoms with Crippen molar-refractivity contribution in [3.05, 3.63) is 24.3 Å². The molecular formula is C19H29N3O3. The second-order valence-corrected chi connectivity index (χ2v) is 7.06. The predicted molar refractivity (Wildman–Crippen MR) is 99.8 cm³/mol. The predicted octanol–water partition coefficient (Wildman–Crippen LogP) is 3.24. The molecule has 0 radical (unpaired) electrons. The minimum atomic E-state index is -0.667. The van der Waals surface area contributed by atoms with Crippen LogP contribution in [0.3, 0.4) is 0 Å². The number of piperidine rings is 1. The SMILES string of the molecule is COC(=O)[C@H](NC(=O)Nc1ccc(N2CCC(C)CC2)cc1)C(C)C. The third kappa shape index (κ3) is 5.37. The van der Waals surface area contributed by atoms with E-state index in [0.29, 0.717) is 5.69 Å². The molecule has 1 saturated heterocycles. The largest absolute Gasteiger partial charge is 0.467 e. The molecule has 0 bridgehead atoms. The number of nitrogens with one attached hydrogen (secondary N) is 2. The van der Waals surface area contributed by atoms with E-state index in [2.05, 4.69) is 22.5 Å². The summed E-state index contributed by atoms with van der Waals surface area (Å²) in [5.41, 5.74) is 1.87. The molecule has 25 heavy (non-hydrogen) atoms. The second kappa shape index (κ2) is 8.74. The van der Waals surface area contributed by atoms with E-state index >= 15 is 0 Å². The van der Waals surface area contributed by atoms with E-state index in [-0.39, 0.29) is 5.92 Å². The Labute approximate surface area is 149 Å². The maximum atomic E-state index is 12.1. The van der Waals surface area contributed by atoms with Gasteiger partial charge in [-0.05, 0) is 48.9 Å². The summed E-state index contributed by atoms with van der Waals surface area (Å²) in [5, 5.41) is 5.43. The first-order valence-electron chi connectivity index (χ1n) is 8.91. The number of amides is 2. The standard InChI is InChI=1S/C19H29N3O3/c1-13(2)17(18(23)25-4)21-19(24)20-15-5-7-16(8-6-15)22-11-9-14(3)10-12-22/h5-8,13-14,17H,9-12H2,1-4H3,(H2,20,21,24)/t17-/m1/s1. The Hall–Kier alpha value is -2.24. The van der Waals surface area contributed by atoms with Gasteiger partial charge in [0.15, 0.2) is 0 Å².